The maximum absolute atomic E-state index is 12.1. The SMILES string of the molecule is O=C(Nc1ccc2c(c1)OCO2)c1cc(Br)c(Br)s1. The molecule has 1 aromatic carbocycles. The Morgan fingerprint density at radius 3 is 2.74 bits per heavy atom. The molecule has 19 heavy (non-hydrogen) atoms. The average molecular weight is 405 g/mol. The van der Waals surface area contributed by atoms with E-state index in [-0.39, 0.29) is 12.7 Å². The highest BCUT2D eigenvalue weighted by molar-refractivity contribution is 9.13. The molecular formula is C12H7Br2NO3S. The van der Waals surface area contributed by atoms with Crippen LogP contribution in [0.4, 0.5) is 5.69 Å². The molecule has 0 saturated carbocycles. The van der Waals surface area contributed by atoms with Crippen LogP contribution in [0.1, 0.15) is 9.67 Å². The molecule has 1 aliphatic rings. The third-order valence-electron chi connectivity index (χ3n) is 2.50. The van der Waals surface area contributed by atoms with Crippen LogP contribution in [0.5, 0.6) is 11.5 Å². The summed E-state index contributed by atoms with van der Waals surface area (Å²) in [6.07, 6.45) is 0. The maximum Gasteiger partial charge on any atom is 0.265 e. The molecular weight excluding hydrogens is 398 g/mol. The molecule has 0 atom stereocenters. The van der Waals surface area contributed by atoms with Crippen molar-refractivity contribution in [3.05, 3.63) is 37.4 Å². The number of thiophene rings is 1. The summed E-state index contributed by atoms with van der Waals surface area (Å²) in [5, 5.41) is 2.82. The molecule has 0 saturated heterocycles. The van der Waals surface area contributed by atoms with Crippen LogP contribution >= 0.6 is 43.2 Å². The van der Waals surface area contributed by atoms with Gasteiger partial charge in [0.15, 0.2) is 11.5 Å². The Kier molecular flexibility index (Phi) is 3.51. The Hall–Kier alpha value is -1.05. The number of fused-ring (bicyclic) bond motifs is 1. The molecule has 3 rings (SSSR count). The zero-order valence-corrected chi connectivity index (χ0v) is 13.4. The Bertz CT molecular complexity index is 637. The Morgan fingerprint density at radius 2 is 2.00 bits per heavy atom. The van der Waals surface area contributed by atoms with Gasteiger partial charge >= 0.3 is 0 Å². The van der Waals surface area contributed by atoms with Gasteiger partial charge in [0.25, 0.3) is 5.91 Å². The van der Waals surface area contributed by atoms with E-state index in [1.54, 1.807) is 24.3 Å². The predicted octanol–water partition coefficient (Wildman–Crippen LogP) is 4.25. The molecule has 0 unspecified atom stereocenters. The number of hydrogen-bond donors (Lipinski definition) is 1. The van der Waals surface area contributed by atoms with Gasteiger partial charge in [0.05, 0.1) is 8.66 Å². The lowest BCUT2D eigenvalue weighted by Gasteiger charge is -2.04. The number of halogens is 2. The number of carbonyl (C=O) groups is 1. The van der Waals surface area contributed by atoms with Gasteiger partial charge in [-0.05, 0) is 50.1 Å². The lowest BCUT2D eigenvalue weighted by Crippen LogP contribution is -2.09. The summed E-state index contributed by atoms with van der Waals surface area (Å²) < 4.78 is 12.2. The zero-order valence-electron chi connectivity index (χ0n) is 9.41. The van der Waals surface area contributed by atoms with Crippen LogP contribution in [-0.4, -0.2) is 12.7 Å². The largest absolute Gasteiger partial charge is 0.454 e. The monoisotopic (exact) mass is 403 g/mol. The summed E-state index contributed by atoms with van der Waals surface area (Å²) in [6, 6.07) is 7.08. The van der Waals surface area contributed by atoms with E-state index >= 15 is 0 Å². The van der Waals surface area contributed by atoms with Gasteiger partial charge in [-0.2, -0.15) is 0 Å². The number of anilines is 1. The summed E-state index contributed by atoms with van der Waals surface area (Å²) in [4.78, 5) is 12.7. The van der Waals surface area contributed by atoms with Crippen LogP contribution in [0.25, 0.3) is 0 Å². The van der Waals surface area contributed by atoms with E-state index < -0.39 is 0 Å². The summed E-state index contributed by atoms with van der Waals surface area (Å²) in [5.74, 6) is 1.18. The fourth-order valence-corrected chi connectivity index (χ4v) is 3.56. The van der Waals surface area contributed by atoms with Crippen molar-refractivity contribution in [2.45, 2.75) is 0 Å². The maximum atomic E-state index is 12.1. The van der Waals surface area contributed by atoms with Crippen molar-refractivity contribution < 1.29 is 14.3 Å². The highest BCUT2D eigenvalue weighted by Crippen LogP contribution is 2.35. The first-order valence-corrected chi connectivity index (χ1v) is 7.69. The second kappa shape index (κ2) is 5.15. The van der Waals surface area contributed by atoms with E-state index in [9.17, 15) is 4.79 Å². The van der Waals surface area contributed by atoms with Gasteiger partial charge in [0.1, 0.15) is 0 Å². The van der Waals surface area contributed by atoms with E-state index in [0.29, 0.717) is 22.1 Å². The van der Waals surface area contributed by atoms with Crippen LogP contribution in [0, 0.1) is 0 Å². The quantitative estimate of drug-likeness (QED) is 0.813. The van der Waals surface area contributed by atoms with Gasteiger partial charge < -0.3 is 14.8 Å². The van der Waals surface area contributed by atoms with E-state index in [2.05, 4.69) is 37.2 Å². The van der Waals surface area contributed by atoms with Crippen LogP contribution in [-0.2, 0) is 0 Å². The molecule has 1 N–H and O–H groups in total. The third-order valence-corrected chi connectivity index (χ3v) is 5.75. The van der Waals surface area contributed by atoms with Gasteiger partial charge in [-0.25, -0.2) is 0 Å². The molecule has 1 aliphatic heterocycles. The topological polar surface area (TPSA) is 47.6 Å². The molecule has 0 radical (unpaired) electrons. The van der Waals surface area contributed by atoms with Gasteiger partial charge in [-0.3, -0.25) is 4.79 Å². The van der Waals surface area contributed by atoms with Crippen molar-refractivity contribution in [1.29, 1.82) is 0 Å². The highest BCUT2D eigenvalue weighted by atomic mass is 79.9. The molecule has 0 aliphatic carbocycles. The molecule has 0 fully saturated rings. The summed E-state index contributed by atoms with van der Waals surface area (Å²) in [5.41, 5.74) is 0.676. The molecule has 7 heteroatoms. The number of hydrogen-bond acceptors (Lipinski definition) is 4. The lowest BCUT2D eigenvalue weighted by molar-refractivity contribution is 0.103. The summed E-state index contributed by atoms with van der Waals surface area (Å²) >= 11 is 8.09. The number of nitrogens with one attached hydrogen (secondary N) is 1. The molecule has 98 valence electrons. The van der Waals surface area contributed by atoms with E-state index in [1.165, 1.54) is 11.3 Å². The number of carbonyl (C=O) groups excluding carboxylic acids is 1. The van der Waals surface area contributed by atoms with Crippen molar-refractivity contribution >= 4 is 54.8 Å². The Labute approximate surface area is 130 Å². The van der Waals surface area contributed by atoms with Crippen molar-refractivity contribution in [2.24, 2.45) is 0 Å². The second-order valence-corrected chi connectivity index (χ2v) is 6.98. The van der Waals surface area contributed by atoms with Crippen LogP contribution in [0.15, 0.2) is 32.5 Å². The third kappa shape index (κ3) is 2.63. The van der Waals surface area contributed by atoms with Crippen molar-refractivity contribution in [2.75, 3.05) is 12.1 Å². The first-order valence-electron chi connectivity index (χ1n) is 5.29. The summed E-state index contributed by atoms with van der Waals surface area (Å²) in [7, 11) is 0. The minimum absolute atomic E-state index is 0.157. The van der Waals surface area contributed by atoms with E-state index in [1.807, 2.05) is 0 Å². The fourth-order valence-electron chi connectivity index (χ4n) is 1.63. The zero-order chi connectivity index (χ0) is 13.4. The van der Waals surface area contributed by atoms with Crippen LogP contribution < -0.4 is 14.8 Å². The van der Waals surface area contributed by atoms with Crippen molar-refractivity contribution in [1.82, 2.24) is 0 Å². The number of rotatable bonds is 2. The molecule has 0 bridgehead atoms. The average Bonchev–Trinajstić information content (AvgIpc) is 2.96. The Balaban J connectivity index is 1.79. The first-order chi connectivity index (χ1) is 9.13. The van der Waals surface area contributed by atoms with E-state index in [0.717, 1.165) is 8.26 Å². The fraction of sp³-hybridized carbons (Fsp3) is 0.0833. The van der Waals surface area contributed by atoms with Crippen molar-refractivity contribution in [3.8, 4) is 11.5 Å². The first kappa shape index (κ1) is 13.0. The van der Waals surface area contributed by atoms with E-state index in [4.69, 9.17) is 9.47 Å². The van der Waals surface area contributed by atoms with Gasteiger partial charge in [-0.15, -0.1) is 11.3 Å². The van der Waals surface area contributed by atoms with Crippen LogP contribution in [0.2, 0.25) is 0 Å². The molecule has 4 nitrogen and oxygen atoms in total. The van der Waals surface area contributed by atoms with Gasteiger partial charge in [0, 0.05) is 16.2 Å². The predicted molar refractivity (Wildman–Crippen MR) is 80.2 cm³/mol. The minimum atomic E-state index is -0.157. The molecule has 1 amide bonds. The number of ether oxygens (including phenoxy) is 2. The lowest BCUT2D eigenvalue weighted by atomic mass is 10.2. The van der Waals surface area contributed by atoms with Crippen molar-refractivity contribution in [3.63, 3.8) is 0 Å². The highest BCUT2D eigenvalue weighted by Gasteiger charge is 2.16. The second-order valence-electron chi connectivity index (χ2n) is 3.75. The van der Waals surface area contributed by atoms with Crippen LogP contribution in [0.3, 0.4) is 0 Å². The molecule has 2 heterocycles. The summed E-state index contributed by atoms with van der Waals surface area (Å²) in [6.45, 7) is 0.220. The smallest absolute Gasteiger partial charge is 0.265 e. The van der Waals surface area contributed by atoms with Gasteiger partial charge in [0.2, 0.25) is 6.79 Å². The number of benzene rings is 1. The molecule has 2 aromatic rings. The molecule has 0 spiro atoms. The number of amides is 1. The Morgan fingerprint density at radius 1 is 1.21 bits per heavy atom. The van der Waals surface area contributed by atoms with Gasteiger partial charge in [-0.1, -0.05) is 0 Å². The molecule has 1 aromatic heterocycles. The normalized spacial score (nSPS) is 12.5. The minimum Gasteiger partial charge on any atom is -0.454 e. The standard InChI is InChI=1S/C12H7Br2NO3S/c13-7-4-10(19-11(7)14)12(16)15-6-1-2-8-9(3-6)18-5-17-8/h1-4H,5H2,(H,15,16).